The Kier molecular flexibility index (Phi) is 2.47. The standard InChI is InChI=1S/C13H18O2/c1-9-7-11(14-3)13(2,10-5-6-10)12(8-9)15-4/h5,7-8,11H,6H2,1-4H3. The molecule has 0 bridgehead atoms. The Hall–Kier alpha value is -1.02. The smallest absolute Gasteiger partial charge is 0.109 e. The second kappa shape index (κ2) is 3.53. The highest BCUT2D eigenvalue weighted by Gasteiger charge is 2.46. The van der Waals surface area contributed by atoms with Gasteiger partial charge in [0, 0.05) is 7.11 Å². The van der Waals surface area contributed by atoms with Crippen molar-refractivity contribution < 1.29 is 9.47 Å². The van der Waals surface area contributed by atoms with Gasteiger partial charge < -0.3 is 9.47 Å². The maximum atomic E-state index is 5.57. The Bertz CT molecular complexity index is 363. The van der Waals surface area contributed by atoms with Crippen molar-refractivity contribution in [2.75, 3.05) is 14.2 Å². The van der Waals surface area contributed by atoms with Crippen molar-refractivity contribution in [3.05, 3.63) is 35.1 Å². The predicted octanol–water partition coefficient (Wildman–Crippen LogP) is 2.83. The molecule has 0 spiro atoms. The van der Waals surface area contributed by atoms with Crippen molar-refractivity contribution in [3.8, 4) is 0 Å². The van der Waals surface area contributed by atoms with Crippen LogP contribution in [0, 0.1) is 5.41 Å². The monoisotopic (exact) mass is 206 g/mol. The fraction of sp³-hybridized carbons (Fsp3) is 0.538. The lowest BCUT2D eigenvalue weighted by atomic mass is 9.75. The molecule has 0 aromatic rings. The third kappa shape index (κ3) is 1.53. The molecule has 0 fully saturated rings. The average molecular weight is 206 g/mol. The molecule has 2 atom stereocenters. The fourth-order valence-corrected chi connectivity index (χ4v) is 2.34. The van der Waals surface area contributed by atoms with Gasteiger partial charge in [0.05, 0.1) is 18.6 Å². The zero-order chi connectivity index (χ0) is 11.1. The van der Waals surface area contributed by atoms with E-state index < -0.39 is 0 Å². The maximum absolute atomic E-state index is 5.57. The zero-order valence-corrected chi connectivity index (χ0v) is 9.83. The van der Waals surface area contributed by atoms with Crippen LogP contribution in [0.4, 0.5) is 0 Å². The second-order valence-electron chi connectivity index (χ2n) is 4.42. The first-order valence-corrected chi connectivity index (χ1v) is 5.29. The number of ether oxygens (including phenoxy) is 2. The zero-order valence-electron chi connectivity index (χ0n) is 9.83. The van der Waals surface area contributed by atoms with Crippen LogP contribution in [0.3, 0.4) is 0 Å². The maximum Gasteiger partial charge on any atom is 0.109 e. The summed E-state index contributed by atoms with van der Waals surface area (Å²) in [5, 5.41) is 0. The number of hydrogen-bond donors (Lipinski definition) is 0. The summed E-state index contributed by atoms with van der Waals surface area (Å²) in [6, 6.07) is 0. The topological polar surface area (TPSA) is 18.5 Å². The SMILES string of the molecule is COC1=CC(C)=CC(OC)C1(C)C1=CC1. The number of hydrogen-bond acceptors (Lipinski definition) is 2. The van der Waals surface area contributed by atoms with Crippen LogP contribution in [0.25, 0.3) is 0 Å². The van der Waals surface area contributed by atoms with Gasteiger partial charge in [0.1, 0.15) is 5.76 Å². The minimum Gasteiger partial charge on any atom is -0.500 e. The first-order chi connectivity index (χ1) is 7.12. The molecule has 0 aliphatic heterocycles. The van der Waals surface area contributed by atoms with Gasteiger partial charge in [-0.15, -0.1) is 0 Å². The minimum absolute atomic E-state index is 0.0891. The molecule has 0 heterocycles. The van der Waals surface area contributed by atoms with Crippen LogP contribution in [0.2, 0.25) is 0 Å². The first kappa shape index (κ1) is 10.5. The number of rotatable bonds is 3. The largest absolute Gasteiger partial charge is 0.500 e. The van der Waals surface area contributed by atoms with Gasteiger partial charge in [0.25, 0.3) is 0 Å². The van der Waals surface area contributed by atoms with Gasteiger partial charge in [-0.05, 0) is 31.9 Å². The lowest BCUT2D eigenvalue weighted by molar-refractivity contribution is 0.0400. The Morgan fingerprint density at radius 1 is 1.40 bits per heavy atom. The molecule has 0 N–H and O–H groups in total. The Labute approximate surface area is 91.3 Å². The van der Waals surface area contributed by atoms with Crippen molar-refractivity contribution in [3.63, 3.8) is 0 Å². The summed E-state index contributed by atoms with van der Waals surface area (Å²) in [5.74, 6) is 1.01. The molecule has 2 aliphatic carbocycles. The predicted molar refractivity (Wildman–Crippen MR) is 60.5 cm³/mol. The summed E-state index contributed by atoms with van der Waals surface area (Å²) in [6.45, 7) is 4.27. The van der Waals surface area contributed by atoms with Crippen LogP contribution in [0.5, 0.6) is 0 Å². The van der Waals surface area contributed by atoms with Crippen LogP contribution in [0.1, 0.15) is 20.3 Å². The summed E-state index contributed by atoms with van der Waals surface area (Å²) in [6.07, 6.45) is 7.69. The molecule has 15 heavy (non-hydrogen) atoms. The van der Waals surface area contributed by atoms with Crippen LogP contribution >= 0.6 is 0 Å². The van der Waals surface area contributed by atoms with Gasteiger partial charge in [0.2, 0.25) is 0 Å². The molecule has 2 unspecified atom stereocenters. The van der Waals surface area contributed by atoms with E-state index in [-0.39, 0.29) is 11.5 Å². The van der Waals surface area contributed by atoms with Crippen molar-refractivity contribution >= 4 is 0 Å². The van der Waals surface area contributed by atoms with E-state index in [2.05, 4.69) is 32.1 Å². The lowest BCUT2D eigenvalue weighted by Gasteiger charge is -2.37. The Morgan fingerprint density at radius 3 is 2.53 bits per heavy atom. The molecule has 0 amide bonds. The quantitative estimate of drug-likeness (QED) is 0.661. The molecule has 0 saturated carbocycles. The summed E-state index contributed by atoms with van der Waals surface area (Å²) < 4.78 is 11.1. The summed E-state index contributed by atoms with van der Waals surface area (Å²) in [4.78, 5) is 0. The van der Waals surface area contributed by atoms with Gasteiger partial charge >= 0.3 is 0 Å². The van der Waals surface area contributed by atoms with Gasteiger partial charge in [0.15, 0.2) is 0 Å². The van der Waals surface area contributed by atoms with E-state index >= 15 is 0 Å². The van der Waals surface area contributed by atoms with E-state index in [1.807, 2.05) is 0 Å². The summed E-state index contributed by atoms with van der Waals surface area (Å²) >= 11 is 0. The van der Waals surface area contributed by atoms with E-state index in [9.17, 15) is 0 Å². The highest BCUT2D eigenvalue weighted by atomic mass is 16.5. The first-order valence-electron chi connectivity index (χ1n) is 5.29. The van der Waals surface area contributed by atoms with Gasteiger partial charge in [-0.3, -0.25) is 0 Å². The second-order valence-corrected chi connectivity index (χ2v) is 4.42. The van der Waals surface area contributed by atoms with E-state index in [1.54, 1.807) is 14.2 Å². The molecular weight excluding hydrogens is 188 g/mol. The van der Waals surface area contributed by atoms with Crippen molar-refractivity contribution in [2.45, 2.75) is 26.4 Å². The molecule has 0 aromatic heterocycles. The van der Waals surface area contributed by atoms with E-state index in [4.69, 9.17) is 9.47 Å². The van der Waals surface area contributed by atoms with Gasteiger partial charge in [-0.25, -0.2) is 0 Å². The molecule has 0 saturated heterocycles. The lowest BCUT2D eigenvalue weighted by Crippen LogP contribution is -2.37. The van der Waals surface area contributed by atoms with Crippen molar-refractivity contribution in [1.82, 2.24) is 0 Å². The molecule has 2 aliphatic rings. The molecule has 82 valence electrons. The third-order valence-electron chi connectivity index (χ3n) is 3.40. The summed E-state index contributed by atoms with van der Waals surface area (Å²) in [7, 11) is 3.49. The third-order valence-corrected chi connectivity index (χ3v) is 3.40. The van der Waals surface area contributed by atoms with Gasteiger partial charge in [-0.1, -0.05) is 17.7 Å². The minimum atomic E-state index is -0.0942. The normalized spacial score (nSPS) is 34.1. The van der Waals surface area contributed by atoms with E-state index in [0.717, 1.165) is 12.2 Å². The van der Waals surface area contributed by atoms with Crippen LogP contribution in [-0.4, -0.2) is 20.3 Å². The van der Waals surface area contributed by atoms with Crippen LogP contribution in [-0.2, 0) is 9.47 Å². The Balaban J connectivity index is 2.41. The highest BCUT2D eigenvalue weighted by Crippen LogP contribution is 2.50. The molecule has 0 aromatic carbocycles. The summed E-state index contributed by atoms with van der Waals surface area (Å²) in [5.41, 5.74) is 2.53. The molecular formula is C13H18O2. The molecule has 0 radical (unpaired) electrons. The molecule has 2 nitrogen and oxygen atoms in total. The fourth-order valence-electron chi connectivity index (χ4n) is 2.34. The van der Waals surface area contributed by atoms with Crippen molar-refractivity contribution in [1.29, 1.82) is 0 Å². The molecule has 2 rings (SSSR count). The van der Waals surface area contributed by atoms with E-state index in [0.29, 0.717) is 0 Å². The molecule has 2 heteroatoms. The van der Waals surface area contributed by atoms with Crippen LogP contribution < -0.4 is 0 Å². The average Bonchev–Trinajstić information content (AvgIpc) is 3.04. The van der Waals surface area contributed by atoms with E-state index in [1.165, 1.54) is 11.1 Å². The Morgan fingerprint density at radius 2 is 2.07 bits per heavy atom. The highest BCUT2D eigenvalue weighted by molar-refractivity contribution is 5.45. The van der Waals surface area contributed by atoms with Crippen LogP contribution in [0.15, 0.2) is 35.1 Å². The number of allylic oxidation sites excluding steroid dienone is 3. The number of methoxy groups -OCH3 is 2. The van der Waals surface area contributed by atoms with Gasteiger partial charge in [-0.2, -0.15) is 0 Å². The van der Waals surface area contributed by atoms with Crippen molar-refractivity contribution in [2.24, 2.45) is 5.41 Å².